The first-order valence-corrected chi connectivity index (χ1v) is 2.45. The Labute approximate surface area is 53.1 Å². The van der Waals surface area contributed by atoms with E-state index in [9.17, 15) is 4.79 Å². The Morgan fingerprint density at radius 2 is 2.22 bits per heavy atom. The van der Waals surface area contributed by atoms with Crippen molar-refractivity contribution in [3.05, 3.63) is 12.3 Å². The van der Waals surface area contributed by atoms with Gasteiger partial charge in [-0.2, -0.15) is 0 Å². The number of aliphatic hydroxyl groups is 1. The van der Waals surface area contributed by atoms with Crippen LogP contribution in [0.3, 0.4) is 0 Å². The highest BCUT2D eigenvalue weighted by atomic mass is 16.3. The predicted octanol–water partition coefficient (Wildman–Crippen LogP) is -0.739. The molecule has 0 aliphatic heterocycles. The lowest BCUT2D eigenvalue weighted by Gasteiger charge is -2.03. The summed E-state index contributed by atoms with van der Waals surface area (Å²) in [6, 6.07) is -0.817. The number of aliphatic hydroxyl groups excluding tert-OH is 1. The summed E-state index contributed by atoms with van der Waals surface area (Å²) in [6.45, 7) is 3.15. The average Bonchev–Trinajstić information content (AvgIpc) is 1.63. The minimum absolute atomic E-state index is 0.0370. The van der Waals surface area contributed by atoms with E-state index in [0.29, 0.717) is 0 Å². The van der Waals surface area contributed by atoms with E-state index >= 15 is 0 Å². The Bertz CT molecular complexity index is 133. The highest BCUT2D eigenvalue weighted by Gasteiger charge is 2.08. The first-order chi connectivity index (χ1) is 4.04. The van der Waals surface area contributed by atoms with Gasteiger partial charge in [0.25, 0.3) is 0 Å². The van der Waals surface area contributed by atoms with Gasteiger partial charge in [-0.3, -0.25) is 4.79 Å². The summed E-state index contributed by atoms with van der Waals surface area (Å²) in [5.41, 5.74) is 9.89. The van der Waals surface area contributed by atoms with Crippen LogP contribution in [0, 0.1) is 0 Å². The molecule has 4 nitrogen and oxygen atoms in total. The molecule has 9 heavy (non-hydrogen) atoms. The molecule has 1 atom stereocenters. The van der Waals surface area contributed by atoms with E-state index in [1.807, 2.05) is 0 Å². The van der Waals surface area contributed by atoms with Crippen molar-refractivity contribution < 1.29 is 9.90 Å². The quantitative estimate of drug-likeness (QED) is 0.439. The molecule has 0 fully saturated rings. The lowest BCUT2D eigenvalue weighted by atomic mass is 10.2. The van der Waals surface area contributed by atoms with Gasteiger partial charge in [0.2, 0.25) is 5.91 Å². The van der Waals surface area contributed by atoms with Crippen LogP contribution in [0.1, 0.15) is 6.42 Å². The second-order valence-electron chi connectivity index (χ2n) is 1.78. The number of nitrogens with two attached hydrogens (primary N) is 2. The van der Waals surface area contributed by atoms with E-state index < -0.39 is 11.9 Å². The molecule has 52 valence electrons. The van der Waals surface area contributed by atoms with Crippen molar-refractivity contribution in [2.45, 2.75) is 12.5 Å². The zero-order valence-electron chi connectivity index (χ0n) is 5.00. The number of hydrogen-bond acceptors (Lipinski definition) is 3. The van der Waals surface area contributed by atoms with E-state index in [4.69, 9.17) is 16.6 Å². The van der Waals surface area contributed by atoms with Gasteiger partial charge in [0, 0.05) is 6.42 Å². The van der Waals surface area contributed by atoms with E-state index in [2.05, 4.69) is 6.58 Å². The van der Waals surface area contributed by atoms with Crippen molar-refractivity contribution in [2.24, 2.45) is 11.5 Å². The summed E-state index contributed by atoms with van der Waals surface area (Å²) in [4.78, 5) is 10.2. The summed E-state index contributed by atoms with van der Waals surface area (Å²) in [5.74, 6) is -0.758. The third kappa shape index (κ3) is 3.54. The molecule has 5 N–H and O–H groups in total. The first kappa shape index (κ1) is 7.97. The number of primary amides is 1. The molecule has 1 amide bonds. The van der Waals surface area contributed by atoms with Gasteiger partial charge in [0.05, 0.1) is 11.8 Å². The third-order valence-electron chi connectivity index (χ3n) is 0.821. The molecule has 4 heteroatoms. The Morgan fingerprint density at radius 3 is 2.33 bits per heavy atom. The molecule has 0 saturated heterocycles. The standard InChI is InChI=1S/C5H10N2O2/c1-3(8)2-4(6)5(7)9/h4,8H,1-2,6H2,(H2,7,9)/t4-/m0/s1. The summed E-state index contributed by atoms with van der Waals surface area (Å²) >= 11 is 0. The van der Waals surface area contributed by atoms with Crippen LogP contribution in [0.5, 0.6) is 0 Å². The molecular formula is C5H10N2O2. The molecule has 0 unspecified atom stereocenters. The van der Waals surface area contributed by atoms with Crippen molar-refractivity contribution >= 4 is 5.91 Å². The van der Waals surface area contributed by atoms with Crippen LogP contribution >= 0.6 is 0 Å². The highest BCUT2D eigenvalue weighted by Crippen LogP contribution is 1.94. The number of hydrogen-bond donors (Lipinski definition) is 3. The Balaban J connectivity index is 3.63. The molecule has 0 rings (SSSR count). The number of amides is 1. The minimum Gasteiger partial charge on any atom is -0.513 e. The monoisotopic (exact) mass is 130 g/mol. The summed E-state index contributed by atoms with van der Waals surface area (Å²) in [7, 11) is 0. The molecule has 0 spiro atoms. The van der Waals surface area contributed by atoms with Crippen LogP contribution in [0.4, 0.5) is 0 Å². The lowest BCUT2D eigenvalue weighted by Crippen LogP contribution is -2.36. The van der Waals surface area contributed by atoms with Gasteiger partial charge in [-0.15, -0.1) is 0 Å². The smallest absolute Gasteiger partial charge is 0.234 e. The Hall–Kier alpha value is -1.03. The highest BCUT2D eigenvalue weighted by molar-refractivity contribution is 5.79. The lowest BCUT2D eigenvalue weighted by molar-refractivity contribution is -0.119. The fraction of sp³-hybridized carbons (Fsp3) is 0.400. The fourth-order valence-corrected chi connectivity index (χ4v) is 0.354. The zero-order chi connectivity index (χ0) is 7.44. The maximum absolute atomic E-state index is 10.2. The molecule has 0 aromatic carbocycles. The topological polar surface area (TPSA) is 89.3 Å². The van der Waals surface area contributed by atoms with Crippen molar-refractivity contribution in [1.82, 2.24) is 0 Å². The normalized spacial score (nSPS) is 12.6. The molecule has 0 aliphatic carbocycles. The summed E-state index contributed by atoms with van der Waals surface area (Å²) < 4.78 is 0. The minimum atomic E-state index is -0.817. The van der Waals surface area contributed by atoms with Crippen LogP contribution in [-0.4, -0.2) is 17.1 Å². The van der Waals surface area contributed by atoms with Crippen LogP contribution in [0.15, 0.2) is 12.3 Å². The van der Waals surface area contributed by atoms with E-state index in [0.717, 1.165) is 0 Å². The molecule has 0 saturated carbocycles. The van der Waals surface area contributed by atoms with E-state index in [-0.39, 0.29) is 12.2 Å². The van der Waals surface area contributed by atoms with Crippen LogP contribution in [0.2, 0.25) is 0 Å². The van der Waals surface area contributed by atoms with Crippen LogP contribution in [0.25, 0.3) is 0 Å². The van der Waals surface area contributed by atoms with Gasteiger partial charge < -0.3 is 16.6 Å². The zero-order valence-corrected chi connectivity index (χ0v) is 5.00. The van der Waals surface area contributed by atoms with E-state index in [1.165, 1.54) is 0 Å². The molecule has 0 aromatic rings. The summed E-state index contributed by atoms with van der Waals surface area (Å²) in [6.07, 6.45) is 0.0370. The van der Waals surface area contributed by atoms with Gasteiger partial charge in [-0.1, -0.05) is 6.58 Å². The maximum Gasteiger partial charge on any atom is 0.234 e. The molecule has 0 bridgehead atoms. The van der Waals surface area contributed by atoms with Crippen LogP contribution < -0.4 is 11.5 Å². The predicted molar refractivity (Wildman–Crippen MR) is 33.6 cm³/mol. The number of carbonyl (C=O) groups is 1. The fourth-order valence-electron chi connectivity index (χ4n) is 0.354. The van der Waals surface area contributed by atoms with Gasteiger partial charge >= 0.3 is 0 Å². The molecule has 0 aliphatic rings. The third-order valence-corrected chi connectivity index (χ3v) is 0.821. The van der Waals surface area contributed by atoms with Gasteiger partial charge in [0.1, 0.15) is 0 Å². The maximum atomic E-state index is 10.2. The second-order valence-corrected chi connectivity index (χ2v) is 1.78. The molecule has 0 heterocycles. The summed E-state index contributed by atoms with van der Waals surface area (Å²) in [5, 5.41) is 8.49. The van der Waals surface area contributed by atoms with Crippen molar-refractivity contribution in [2.75, 3.05) is 0 Å². The van der Waals surface area contributed by atoms with Gasteiger partial charge in [-0.25, -0.2) is 0 Å². The molecule has 0 aromatic heterocycles. The van der Waals surface area contributed by atoms with Gasteiger partial charge in [-0.05, 0) is 0 Å². The first-order valence-electron chi connectivity index (χ1n) is 2.45. The van der Waals surface area contributed by atoms with Gasteiger partial charge in [0.15, 0.2) is 0 Å². The van der Waals surface area contributed by atoms with E-state index in [1.54, 1.807) is 0 Å². The number of rotatable bonds is 3. The average molecular weight is 130 g/mol. The SMILES string of the molecule is C=C(O)C[C@H](N)C(N)=O. The number of carbonyl (C=O) groups excluding carboxylic acids is 1. The van der Waals surface area contributed by atoms with Crippen molar-refractivity contribution in [3.63, 3.8) is 0 Å². The van der Waals surface area contributed by atoms with Crippen molar-refractivity contribution in [1.29, 1.82) is 0 Å². The van der Waals surface area contributed by atoms with Crippen molar-refractivity contribution in [3.8, 4) is 0 Å². The molecular weight excluding hydrogens is 120 g/mol. The Kier molecular flexibility index (Phi) is 2.73. The molecule has 0 radical (unpaired) electrons. The Morgan fingerprint density at radius 1 is 1.78 bits per heavy atom. The van der Waals surface area contributed by atoms with Crippen LogP contribution in [-0.2, 0) is 4.79 Å². The largest absolute Gasteiger partial charge is 0.513 e. The second kappa shape index (κ2) is 3.09.